The van der Waals surface area contributed by atoms with E-state index in [1.54, 1.807) is 12.3 Å². The Balaban J connectivity index is 1.85. The van der Waals surface area contributed by atoms with Gasteiger partial charge >= 0.3 is 0 Å². The second-order valence-corrected chi connectivity index (χ2v) is 5.43. The summed E-state index contributed by atoms with van der Waals surface area (Å²) in [5.41, 5.74) is 7.40. The molecule has 3 heteroatoms. The Kier molecular flexibility index (Phi) is 4.00. The van der Waals surface area contributed by atoms with Gasteiger partial charge in [0.25, 0.3) is 0 Å². The molecule has 1 aromatic heterocycles. The van der Waals surface area contributed by atoms with Crippen molar-refractivity contribution in [3.63, 3.8) is 0 Å². The van der Waals surface area contributed by atoms with Gasteiger partial charge in [-0.1, -0.05) is 13.8 Å². The fourth-order valence-electron chi connectivity index (χ4n) is 2.79. The molecule has 1 fully saturated rings. The van der Waals surface area contributed by atoms with Crippen LogP contribution >= 0.6 is 0 Å². The molecule has 1 aliphatic carbocycles. The molecule has 94 valence electrons. The number of hydrogen-bond donors (Lipinski definition) is 1. The van der Waals surface area contributed by atoms with Gasteiger partial charge in [-0.15, -0.1) is 0 Å². The summed E-state index contributed by atoms with van der Waals surface area (Å²) in [5, 5.41) is 0. The number of ether oxygens (including phenoxy) is 1. The van der Waals surface area contributed by atoms with Gasteiger partial charge in [-0.3, -0.25) is 4.98 Å². The van der Waals surface area contributed by atoms with Gasteiger partial charge in [0.15, 0.2) is 0 Å². The lowest BCUT2D eigenvalue weighted by molar-refractivity contribution is -0.0104. The molecule has 0 aromatic carbocycles. The largest absolute Gasteiger partial charge is 0.399 e. The Hall–Kier alpha value is -1.09. The number of nitrogens with zero attached hydrogens (tertiary/aromatic N) is 1. The maximum absolute atomic E-state index is 5.95. The van der Waals surface area contributed by atoms with Crippen LogP contribution in [0, 0.1) is 11.8 Å². The van der Waals surface area contributed by atoms with Crippen LogP contribution in [0.1, 0.15) is 38.8 Å². The first-order valence-electron chi connectivity index (χ1n) is 6.45. The Bertz CT molecular complexity index is 357. The van der Waals surface area contributed by atoms with Crippen molar-refractivity contribution in [2.24, 2.45) is 11.8 Å². The summed E-state index contributed by atoms with van der Waals surface area (Å²) in [6, 6.07) is 3.68. The van der Waals surface area contributed by atoms with Crippen LogP contribution in [-0.2, 0) is 11.3 Å². The highest BCUT2D eigenvalue weighted by atomic mass is 16.5. The lowest BCUT2D eigenvalue weighted by Gasteiger charge is -2.31. The molecule has 2 unspecified atom stereocenters. The Morgan fingerprint density at radius 3 is 2.65 bits per heavy atom. The molecule has 3 nitrogen and oxygen atoms in total. The van der Waals surface area contributed by atoms with E-state index < -0.39 is 0 Å². The van der Waals surface area contributed by atoms with E-state index in [2.05, 4.69) is 18.8 Å². The van der Waals surface area contributed by atoms with Crippen molar-refractivity contribution < 1.29 is 4.74 Å². The first-order valence-corrected chi connectivity index (χ1v) is 6.45. The van der Waals surface area contributed by atoms with Crippen LogP contribution < -0.4 is 5.73 Å². The number of anilines is 1. The maximum atomic E-state index is 5.95. The van der Waals surface area contributed by atoms with Crippen molar-refractivity contribution in [3.8, 4) is 0 Å². The average molecular weight is 234 g/mol. The Morgan fingerprint density at radius 2 is 2.00 bits per heavy atom. The third kappa shape index (κ3) is 3.70. The SMILES string of the molecule is CC1CC(C)CC(OCc2cc(N)ccn2)C1. The van der Waals surface area contributed by atoms with Gasteiger partial charge in [0.2, 0.25) is 0 Å². The van der Waals surface area contributed by atoms with Gasteiger partial charge in [0.1, 0.15) is 0 Å². The molecule has 1 aromatic rings. The summed E-state index contributed by atoms with van der Waals surface area (Å²) < 4.78 is 5.95. The van der Waals surface area contributed by atoms with E-state index in [0.717, 1.165) is 23.2 Å². The first-order chi connectivity index (χ1) is 8.13. The normalized spacial score (nSPS) is 29.2. The molecule has 2 N–H and O–H groups in total. The summed E-state index contributed by atoms with van der Waals surface area (Å²) in [4.78, 5) is 4.26. The fourth-order valence-corrected chi connectivity index (χ4v) is 2.79. The van der Waals surface area contributed by atoms with Gasteiger partial charge in [-0.25, -0.2) is 0 Å². The molecule has 0 bridgehead atoms. The van der Waals surface area contributed by atoms with Crippen LogP contribution in [0.25, 0.3) is 0 Å². The van der Waals surface area contributed by atoms with Gasteiger partial charge in [-0.2, -0.15) is 0 Å². The zero-order chi connectivity index (χ0) is 12.3. The smallest absolute Gasteiger partial charge is 0.0892 e. The first kappa shape index (κ1) is 12.4. The number of aromatic nitrogens is 1. The molecule has 1 aliphatic rings. The van der Waals surface area contributed by atoms with Crippen LogP contribution in [-0.4, -0.2) is 11.1 Å². The molecule has 0 spiro atoms. The number of rotatable bonds is 3. The third-order valence-corrected chi connectivity index (χ3v) is 3.44. The lowest BCUT2D eigenvalue weighted by atomic mass is 9.82. The minimum Gasteiger partial charge on any atom is -0.399 e. The van der Waals surface area contributed by atoms with Crippen molar-refractivity contribution in [1.29, 1.82) is 0 Å². The highest BCUT2D eigenvalue weighted by molar-refractivity contribution is 5.36. The molecular weight excluding hydrogens is 212 g/mol. The van der Waals surface area contributed by atoms with Crippen LogP contribution in [0.15, 0.2) is 18.3 Å². The van der Waals surface area contributed by atoms with E-state index >= 15 is 0 Å². The van der Waals surface area contributed by atoms with Crippen molar-refractivity contribution in [3.05, 3.63) is 24.0 Å². The quantitative estimate of drug-likeness (QED) is 0.874. The topological polar surface area (TPSA) is 48.1 Å². The van der Waals surface area contributed by atoms with Crippen molar-refractivity contribution in [2.75, 3.05) is 5.73 Å². The monoisotopic (exact) mass is 234 g/mol. The van der Waals surface area contributed by atoms with Gasteiger partial charge in [0, 0.05) is 11.9 Å². The summed E-state index contributed by atoms with van der Waals surface area (Å²) in [6.45, 7) is 5.20. The molecular formula is C14H22N2O. The molecule has 0 radical (unpaired) electrons. The van der Waals surface area contributed by atoms with Crippen LogP contribution in [0.5, 0.6) is 0 Å². The predicted molar refractivity (Wildman–Crippen MR) is 69.4 cm³/mol. The summed E-state index contributed by atoms with van der Waals surface area (Å²) >= 11 is 0. The minimum absolute atomic E-state index is 0.386. The second kappa shape index (κ2) is 5.50. The van der Waals surface area contributed by atoms with Gasteiger partial charge < -0.3 is 10.5 Å². The number of nitrogens with two attached hydrogens (primary N) is 1. The van der Waals surface area contributed by atoms with Crippen molar-refractivity contribution in [1.82, 2.24) is 4.98 Å². The molecule has 1 heterocycles. The third-order valence-electron chi connectivity index (χ3n) is 3.44. The molecule has 0 amide bonds. The van der Waals surface area contributed by atoms with E-state index in [1.165, 1.54) is 19.3 Å². The average Bonchev–Trinajstić information content (AvgIpc) is 2.25. The Morgan fingerprint density at radius 1 is 1.29 bits per heavy atom. The van der Waals surface area contributed by atoms with E-state index in [4.69, 9.17) is 10.5 Å². The van der Waals surface area contributed by atoms with E-state index in [9.17, 15) is 0 Å². The summed E-state index contributed by atoms with van der Waals surface area (Å²) in [5.74, 6) is 1.55. The molecule has 1 saturated carbocycles. The molecule has 2 rings (SSSR count). The minimum atomic E-state index is 0.386. The second-order valence-electron chi connectivity index (χ2n) is 5.43. The number of hydrogen-bond acceptors (Lipinski definition) is 3. The lowest BCUT2D eigenvalue weighted by Crippen LogP contribution is -2.26. The van der Waals surface area contributed by atoms with Crippen LogP contribution in [0.3, 0.4) is 0 Å². The van der Waals surface area contributed by atoms with Gasteiger partial charge in [-0.05, 0) is 43.2 Å². The van der Waals surface area contributed by atoms with Crippen molar-refractivity contribution >= 4 is 5.69 Å². The summed E-state index contributed by atoms with van der Waals surface area (Å²) in [6.07, 6.45) is 5.80. The number of pyridine rings is 1. The molecule has 0 aliphatic heterocycles. The Labute approximate surface area is 103 Å². The molecule has 2 atom stereocenters. The molecule has 0 saturated heterocycles. The maximum Gasteiger partial charge on any atom is 0.0892 e. The zero-order valence-electron chi connectivity index (χ0n) is 10.7. The van der Waals surface area contributed by atoms with E-state index in [-0.39, 0.29) is 0 Å². The van der Waals surface area contributed by atoms with E-state index in [1.807, 2.05) is 6.07 Å². The molecule has 17 heavy (non-hydrogen) atoms. The predicted octanol–water partition coefficient (Wildman–Crippen LogP) is 3.01. The number of nitrogen functional groups attached to an aromatic ring is 1. The highest BCUT2D eigenvalue weighted by Crippen LogP contribution is 2.30. The zero-order valence-corrected chi connectivity index (χ0v) is 10.7. The highest BCUT2D eigenvalue weighted by Gasteiger charge is 2.24. The summed E-state index contributed by atoms with van der Waals surface area (Å²) in [7, 11) is 0. The van der Waals surface area contributed by atoms with E-state index in [0.29, 0.717) is 12.7 Å². The van der Waals surface area contributed by atoms with Crippen LogP contribution in [0.4, 0.5) is 5.69 Å². The van der Waals surface area contributed by atoms with Crippen molar-refractivity contribution in [2.45, 2.75) is 45.8 Å². The van der Waals surface area contributed by atoms with Gasteiger partial charge in [0.05, 0.1) is 18.4 Å². The van der Waals surface area contributed by atoms with Crippen LogP contribution in [0.2, 0.25) is 0 Å². The fraction of sp³-hybridized carbons (Fsp3) is 0.643. The standard InChI is InChI=1S/C14H22N2O/c1-10-5-11(2)7-14(6-10)17-9-13-8-12(15)3-4-16-13/h3-4,8,10-11,14H,5-7,9H2,1-2H3,(H2,15,16).